The van der Waals surface area contributed by atoms with Gasteiger partial charge in [-0.2, -0.15) is 5.10 Å². The Labute approximate surface area is 519 Å². The van der Waals surface area contributed by atoms with Gasteiger partial charge in [0.2, 0.25) is 0 Å². The van der Waals surface area contributed by atoms with Crippen LogP contribution in [0.2, 0.25) is 25.1 Å². The number of halogens is 6. The minimum Gasteiger partial charge on any atom is -0.341 e. The van der Waals surface area contributed by atoms with Crippen molar-refractivity contribution >= 4 is 149 Å². The van der Waals surface area contributed by atoms with Gasteiger partial charge < -0.3 is 56.8 Å². The maximum Gasteiger partial charge on any atom is 0.127 e. The van der Waals surface area contributed by atoms with Crippen molar-refractivity contribution in [3.63, 3.8) is 0 Å². The Bertz CT molecular complexity index is 3790. The molecule has 430 valence electrons. The van der Waals surface area contributed by atoms with Gasteiger partial charge in [0.1, 0.15) is 34.9 Å². The third-order valence-corrected chi connectivity index (χ3v) is 13.4. The number of nitrogens with zero attached hydrogens (tertiary/aromatic N) is 6. The Morgan fingerprint density at radius 2 is 0.964 bits per heavy atom. The van der Waals surface area contributed by atoms with Gasteiger partial charge in [-0.1, -0.05) is 105 Å². The Balaban J connectivity index is 0.000000145. The van der Waals surface area contributed by atoms with Crippen LogP contribution in [0.25, 0.3) is 6.08 Å². The molecule has 84 heavy (non-hydrogen) atoms. The molecule has 0 amide bonds. The summed E-state index contributed by atoms with van der Waals surface area (Å²) >= 11 is 33.0. The van der Waals surface area contributed by atoms with Crippen molar-refractivity contribution in [2.45, 2.75) is 27.7 Å². The molecule has 12 rings (SSSR count). The van der Waals surface area contributed by atoms with Gasteiger partial charge in [0.05, 0.1) is 68.8 Å². The number of aryl methyl sites for hydroxylation is 3. The second-order valence-corrected chi connectivity index (χ2v) is 20.9. The zero-order chi connectivity index (χ0) is 59.6. The highest BCUT2D eigenvalue weighted by atomic mass is 79.9. The molecule has 6 aromatic heterocycles. The number of imidazole rings is 5. The first kappa shape index (κ1) is 62.6. The lowest BCUT2D eigenvalue weighted by molar-refractivity contribution is 1.09. The average Bonchev–Trinajstić information content (AvgIpc) is 4.40. The highest BCUT2D eigenvalue weighted by Crippen LogP contribution is 2.28. The number of hydrogen-bond donors (Lipinski definition) is 12. The second-order valence-electron chi connectivity index (χ2n) is 17.8. The standard InChI is InChI=1S/C11H10ClN3.4C10H10ClN3.C9H8BrN3/c1-2-8-5-9(12)3-4-10(8)15-11-6-13-7-14-11;1-7-2-8(11)4-9(3-7)14-10-5-12-6-13-10;1-7-4-8(2-3-9(7)11)14-10-5-12-6-13-10;1-7-2-3-8(11)4-9(7)14-10-5-12-6-13-10;1-7-8(11)3-2-4-9(7)14-10-5-12-6-13-10;10-7-2-1-3-8(6-7)12-9-4-5-11-13-9/h2-7,15H,1H2,(H,13,14);4*2-6,14H,1H3,(H,12,13);1-6H,(H2,11,12,13). The fraction of sp³-hybridized carbons (Fsp3) is 0.0667. The van der Waals surface area contributed by atoms with Gasteiger partial charge in [-0.3, -0.25) is 5.10 Å². The molecule has 6 heterocycles. The SMILES string of the molecule is Brc1cccc(Nc2ccn[nH]2)c1.C=Cc1cc(Cl)ccc1Nc1cnc[nH]1.Cc1c(Cl)cccc1Nc1cnc[nH]1.Cc1cc(Cl)cc(Nc2cnc[nH]2)c1.Cc1cc(Nc2cnc[nH]2)ccc1Cl.Cc1ccc(Cl)cc1Nc1cnc[nH]1. The number of anilines is 12. The van der Waals surface area contributed by atoms with Crippen LogP contribution in [-0.4, -0.2) is 60.0 Å². The van der Waals surface area contributed by atoms with Crippen molar-refractivity contribution in [1.29, 1.82) is 0 Å². The predicted octanol–water partition coefficient (Wildman–Crippen LogP) is 18.8. The van der Waals surface area contributed by atoms with Gasteiger partial charge in [0, 0.05) is 69.8 Å². The maximum atomic E-state index is 5.99. The first-order valence-electron chi connectivity index (χ1n) is 25.4. The molecule has 0 radical (unpaired) electrons. The molecule has 0 aliphatic rings. The van der Waals surface area contributed by atoms with Gasteiger partial charge in [-0.15, -0.1) is 0 Å². The number of nitrogens with one attached hydrogen (secondary N) is 12. The Morgan fingerprint density at radius 3 is 1.51 bits per heavy atom. The largest absolute Gasteiger partial charge is 0.341 e. The van der Waals surface area contributed by atoms with E-state index in [0.717, 1.165) is 121 Å². The molecule has 18 nitrogen and oxygen atoms in total. The zero-order valence-corrected chi connectivity index (χ0v) is 51.0. The van der Waals surface area contributed by atoms with Crippen LogP contribution >= 0.6 is 73.9 Å². The molecule has 0 spiro atoms. The lowest BCUT2D eigenvalue weighted by Crippen LogP contribution is -1.93. The molecular formula is C60H58BrCl5N18. The Kier molecular flexibility index (Phi) is 24.3. The van der Waals surface area contributed by atoms with Crippen molar-refractivity contribution in [2.75, 3.05) is 31.9 Å². The monoisotopic (exact) mass is 1280 g/mol. The number of aromatic amines is 6. The van der Waals surface area contributed by atoms with E-state index in [1.54, 1.807) is 74.9 Å². The van der Waals surface area contributed by atoms with Gasteiger partial charge >= 0.3 is 0 Å². The van der Waals surface area contributed by atoms with Crippen molar-refractivity contribution in [3.8, 4) is 0 Å². The lowest BCUT2D eigenvalue weighted by Gasteiger charge is -2.07. The van der Waals surface area contributed by atoms with Gasteiger partial charge in [-0.25, -0.2) is 24.9 Å². The third kappa shape index (κ3) is 21.1. The van der Waals surface area contributed by atoms with Crippen LogP contribution in [0.1, 0.15) is 27.8 Å². The molecule has 0 bridgehead atoms. The Morgan fingerprint density at radius 1 is 0.429 bits per heavy atom. The van der Waals surface area contributed by atoms with E-state index in [4.69, 9.17) is 58.0 Å². The molecule has 0 saturated carbocycles. The molecule has 24 heteroatoms. The minimum absolute atomic E-state index is 0.695. The summed E-state index contributed by atoms with van der Waals surface area (Å²) in [6.45, 7) is 11.7. The molecule has 0 aliphatic carbocycles. The van der Waals surface area contributed by atoms with Crippen molar-refractivity contribution in [3.05, 3.63) is 254 Å². The summed E-state index contributed by atoms with van der Waals surface area (Å²) < 4.78 is 1.05. The van der Waals surface area contributed by atoms with Gasteiger partial charge in [0.25, 0.3) is 0 Å². The van der Waals surface area contributed by atoms with Crippen LogP contribution in [0.3, 0.4) is 0 Å². The van der Waals surface area contributed by atoms with E-state index in [1.165, 1.54) is 0 Å². The maximum absolute atomic E-state index is 5.99. The topological polar surface area (TPSA) is 244 Å². The van der Waals surface area contributed by atoms with E-state index in [2.05, 4.69) is 114 Å². The summed E-state index contributed by atoms with van der Waals surface area (Å²) in [4.78, 5) is 34.4. The first-order valence-corrected chi connectivity index (χ1v) is 28.1. The van der Waals surface area contributed by atoms with E-state index >= 15 is 0 Å². The van der Waals surface area contributed by atoms with E-state index in [9.17, 15) is 0 Å². The molecular weight excluding hydrogens is 1230 g/mol. The number of benzene rings is 6. The molecule has 0 atom stereocenters. The van der Waals surface area contributed by atoms with Crippen molar-refractivity contribution in [1.82, 2.24) is 60.0 Å². The number of aromatic nitrogens is 12. The first-order chi connectivity index (χ1) is 40.7. The Hall–Kier alpha value is -8.95. The second kappa shape index (κ2) is 32.6. The summed E-state index contributed by atoms with van der Waals surface area (Å²) in [6.07, 6.45) is 20.2. The molecule has 0 unspecified atom stereocenters. The van der Waals surface area contributed by atoms with Crippen LogP contribution in [0.5, 0.6) is 0 Å². The highest BCUT2D eigenvalue weighted by molar-refractivity contribution is 9.10. The van der Waals surface area contributed by atoms with E-state index in [0.29, 0.717) is 5.02 Å². The summed E-state index contributed by atoms with van der Waals surface area (Å²) in [5.74, 6) is 5.16. The number of H-pyrrole nitrogens is 6. The van der Waals surface area contributed by atoms with Crippen LogP contribution in [0, 0.1) is 27.7 Å². The van der Waals surface area contributed by atoms with Crippen LogP contribution < -0.4 is 31.9 Å². The fourth-order valence-electron chi connectivity index (χ4n) is 7.23. The molecule has 0 fully saturated rings. The smallest absolute Gasteiger partial charge is 0.127 e. The summed E-state index contributed by atoms with van der Waals surface area (Å²) in [7, 11) is 0. The molecule has 0 saturated heterocycles. The summed E-state index contributed by atoms with van der Waals surface area (Å²) in [5.41, 5.74) is 11.2. The van der Waals surface area contributed by atoms with Crippen molar-refractivity contribution < 1.29 is 0 Å². The normalized spacial score (nSPS) is 10.1. The number of hydrogen-bond acceptors (Lipinski definition) is 12. The van der Waals surface area contributed by atoms with E-state index in [1.807, 2.05) is 149 Å². The fourth-order valence-corrected chi connectivity index (χ4v) is 8.57. The molecule has 12 N–H and O–H groups in total. The summed E-state index contributed by atoms with van der Waals surface area (Å²) in [6, 6.07) is 38.5. The molecule has 0 aliphatic heterocycles. The lowest BCUT2D eigenvalue weighted by atomic mass is 10.2. The van der Waals surface area contributed by atoms with E-state index in [-0.39, 0.29) is 0 Å². The van der Waals surface area contributed by atoms with Gasteiger partial charge in [-0.05, 0) is 153 Å². The quantitative estimate of drug-likeness (QED) is 0.0516. The highest BCUT2D eigenvalue weighted by Gasteiger charge is 2.05. The third-order valence-electron chi connectivity index (χ3n) is 11.4. The average molecular weight is 1290 g/mol. The van der Waals surface area contributed by atoms with Crippen LogP contribution in [0.15, 0.2) is 201 Å². The molecule has 12 aromatic rings. The van der Waals surface area contributed by atoms with Crippen molar-refractivity contribution in [2.24, 2.45) is 0 Å². The van der Waals surface area contributed by atoms with E-state index < -0.39 is 0 Å². The summed E-state index contributed by atoms with van der Waals surface area (Å²) in [5, 5.41) is 29.4. The van der Waals surface area contributed by atoms with Gasteiger partial charge in [0.15, 0.2) is 0 Å². The van der Waals surface area contributed by atoms with Crippen LogP contribution in [0.4, 0.5) is 69.0 Å². The number of rotatable bonds is 13. The van der Waals surface area contributed by atoms with Crippen LogP contribution in [-0.2, 0) is 0 Å². The zero-order valence-electron chi connectivity index (χ0n) is 45.6. The minimum atomic E-state index is 0.695. The molecule has 6 aromatic carbocycles. The predicted molar refractivity (Wildman–Crippen MR) is 352 cm³/mol.